The second-order valence-electron chi connectivity index (χ2n) is 4.42. The van der Waals surface area contributed by atoms with Crippen LogP contribution in [0, 0.1) is 0 Å². The van der Waals surface area contributed by atoms with Gasteiger partial charge in [-0.3, -0.25) is 0 Å². The maximum absolute atomic E-state index is 9.07. The quantitative estimate of drug-likeness (QED) is 0.616. The predicted octanol–water partition coefficient (Wildman–Crippen LogP) is 0.475. The summed E-state index contributed by atoms with van der Waals surface area (Å²) in [5.74, 6) is 1.64. The molecule has 0 fully saturated rings. The molecule has 1 aromatic carbocycles. The Morgan fingerprint density at radius 2 is 2.00 bits per heavy atom. The van der Waals surface area contributed by atoms with Crippen LogP contribution in [0.15, 0.2) is 18.2 Å². The van der Waals surface area contributed by atoms with Gasteiger partial charge in [0.1, 0.15) is 0 Å². The molecule has 0 radical (unpaired) electrons. The molecule has 0 amide bonds. The highest BCUT2D eigenvalue weighted by atomic mass is 16.7. The summed E-state index contributed by atoms with van der Waals surface area (Å²) in [6.45, 7) is 5.22. The van der Waals surface area contributed by atoms with Crippen LogP contribution in [0.4, 0.5) is 0 Å². The molecule has 0 saturated heterocycles. The van der Waals surface area contributed by atoms with Crippen molar-refractivity contribution in [2.24, 2.45) is 0 Å². The number of aliphatic hydroxyl groups excluding tert-OH is 1. The third-order valence-electron chi connectivity index (χ3n) is 2.68. The molecule has 0 spiro atoms. The lowest BCUT2D eigenvalue weighted by atomic mass is 10.2. The van der Waals surface area contributed by atoms with Gasteiger partial charge in [-0.2, -0.15) is 0 Å². The Balaban J connectivity index is 1.65. The number of aliphatic hydroxyl groups is 1. The Bertz CT molecular complexity index is 382. The largest absolute Gasteiger partial charge is 0.454 e. The van der Waals surface area contributed by atoms with E-state index in [1.807, 2.05) is 18.2 Å². The van der Waals surface area contributed by atoms with Crippen molar-refractivity contribution in [3.63, 3.8) is 0 Å². The molecule has 0 bridgehead atoms. The van der Waals surface area contributed by atoms with Crippen LogP contribution in [0.2, 0.25) is 0 Å². The van der Waals surface area contributed by atoms with Crippen molar-refractivity contribution in [3.05, 3.63) is 23.8 Å². The van der Waals surface area contributed by atoms with Crippen molar-refractivity contribution in [1.82, 2.24) is 10.6 Å². The summed E-state index contributed by atoms with van der Waals surface area (Å²) < 4.78 is 10.6. The summed E-state index contributed by atoms with van der Waals surface area (Å²) in [7, 11) is 0. The zero-order valence-electron chi connectivity index (χ0n) is 10.6. The molecule has 0 saturated carbocycles. The van der Waals surface area contributed by atoms with Gasteiger partial charge in [0, 0.05) is 26.2 Å². The van der Waals surface area contributed by atoms with Crippen LogP contribution < -0.4 is 20.1 Å². The Kier molecular flexibility index (Phi) is 4.81. The van der Waals surface area contributed by atoms with Crippen LogP contribution in [-0.2, 0) is 6.54 Å². The highest BCUT2D eigenvalue weighted by molar-refractivity contribution is 5.44. The van der Waals surface area contributed by atoms with E-state index in [9.17, 15) is 0 Å². The molecule has 1 aliphatic heterocycles. The highest BCUT2D eigenvalue weighted by Crippen LogP contribution is 2.32. The van der Waals surface area contributed by atoms with Crippen LogP contribution in [0.1, 0.15) is 12.5 Å². The highest BCUT2D eigenvalue weighted by Gasteiger charge is 2.12. The zero-order chi connectivity index (χ0) is 12.8. The molecule has 1 atom stereocenters. The molecule has 0 aliphatic carbocycles. The monoisotopic (exact) mass is 252 g/mol. The van der Waals surface area contributed by atoms with E-state index in [0.717, 1.165) is 31.1 Å². The average molecular weight is 252 g/mol. The molecule has 3 N–H and O–H groups in total. The summed E-state index contributed by atoms with van der Waals surface area (Å²) in [4.78, 5) is 0. The molecule has 18 heavy (non-hydrogen) atoms. The van der Waals surface area contributed by atoms with Gasteiger partial charge in [0.25, 0.3) is 0 Å². The first-order chi connectivity index (χ1) is 8.75. The van der Waals surface area contributed by atoms with E-state index in [4.69, 9.17) is 14.6 Å². The first-order valence-electron chi connectivity index (χ1n) is 6.24. The number of nitrogens with one attached hydrogen (secondary N) is 2. The van der Waals surface area contributed by atoms with Crippen LogP contribution in [0.5, 0.6) is 11.5 Å². The minimum Gasteiger partial charge on any atom is -0.454 e. The molecule has 5 nitrogen and oxygen atoms in total. The van der Waals surface area contributed by atoms with Crippen molar-refractivity contribution in [3.8, 4) is 11.5 Å². The Labute approximate surface area is 107 Å². The van der Waals surface area contributed by atoms with Gasteiger partial charge in [0.05, 0.1) is 6.10 Å². The molecule has 2 rings (SSSR count). The van der Waals surface area contributed by atoms with E-state index in [2.05, 4.69) is 10.6 Å². The number of hydrogen-bond donors (Lipinski definition) is 3. The predicted molar refractivity (Wildman–Crippen MR) is 68.8 cm³/mol. The van der Waals surface area contributed by atoms with Gasteiger partial charge in [0.2, 0.25) is 6.79 Å². The minimum absolute atomic E-state index is 0.293. The number of benzene rings is 1. The molecular weight excluding hydrogens is 232 g/mol. The van der Waals surface area contributed by atoms with Crippen molar-refractivity contribution >= 4 is 0 Å². The van der Waals surface area contributed by atoms with E-state index < -0.39 is 0 Å². The number of hydrogen-bond acceptors (Lipinski definition) is 5. The van der Waals surface area contributed by atoms with Crippen LogP contribution >= 0.6 is 0 Å². The lowest BCUT2D eigenvalue weighted by Crippen LogP contribution is -2.31. The second kappa shape index (κ2) is 6.58. The number of fused-ring (bicyclic) bond motifs is 1. The summed E-state index contributed by atoms with van der Waals surface area (Å²) in [6.07, 6.45) is -0.293. The normalized spacial score (nSPS) is 14.8. The van der Waals surface area contributed by atoms with Gasteiger partial charge in [-0.1, -0.05) is 6.07 Å². The van der Waals surface area contributed by atoms with Crippen molar-refractivity contribution in [2.75, 3.05) is 26.4 Å². The number of ether oxygens (including phenoxy) is 2. The fraction of sp³-hybridized carbons (Fsp3) is 0.538. The molecule has 1 unspecified atom stereocenters. The van der Waals surface area contributed by atoms with Gasteiger partial charge in [-0.25, -0.2) is 0 Å². The smallest absolute Gasteiger partial charge is 0.231 e. The maximum atomic E-state index is 9.07. The van der Waals surface area contributed by atoms with Gasteiger partial charge in [-0.15, -0.1) is 0 Å². The summed E-state index contributed by atoms with van der Waals surface area (Å²) in [5.41, 5.74) is 1.18. The molecule has 100 valence electrons. The van der Waals surface area contributed by atoms with Crippen LogP contribution in [0.3, 0.4) is 0 Å². The summed E-state index contributed by atoms with van der Waals surface area (Å²) >= 11 is 0. The van der Waals surface area contributed by atoms with Crippen molar-refractivity contribution in [2.45, 2.75) is 19.6 Å². The lowest BCUT2D eigenvalue weighted by Gasteiger charge is -2.08. The first kappa shape index (κ1) is 13.1. The fourth-order valence-corrected chi connectivity index (χ4v) is 1.77. The third kappa shape index (κ3) is 3.87. The summed E-state index contributed by atoms with van der Waals surface area (Å²) in [5, 5.41) is 15.5. The SMILES string of the molecule is CC(O)CNCCNCc1ccc2c(c1)OCO2. The molecular formula is C13H20N2O3. The molecule has 1 aromatic rings. The third-order valence-corrected chi connectivity index (χ3v) is 2.68. The van der Waals surface area contributed by atoms with Crippen LogP contribution in [0.25, 0.3) is 0 Å². The van der Waals surface area contributed by atoms with Crippen LogP contribution in [-0.4, -0.2) is 37.6 Å². The van der Waals surface area contributed by atoms with Gasteiger partial charge < -0.3 is 25.2 Å². The lowest BCUT2D eigenvalue weighted by molar-refractivity contribution is 0.174. The number of rotatable bonds is 7. The first-order valence-corrected chi connectivity index (χ1v) is 6.24. The Morgan fingerprint density at radius 3 is 2.83 bits per heavy atom. The minimum atomic E-state index is -0.293. The Morgan fingerprint density at radius 1 is 1.22 bits per heavy atom. The van der Waals surface area contributed by atoms with Gasteiger partial charge in [0.15, 0.2) is 11.5 Å². The second-order valence-corrected chi connectivity index (χ2v) is 4.42. The molecule has 1 aliphatic rings. The van der Waals surface area contributed by atoms with Gasteiger partial charge >= 0.3 is 0 Å². The average Bonchev–Trinajstić information content (AvgIpc) is 2.80. The zero-order valence-corrected chi connectivity index (χ0v) is 10.6. The van der Waals surface area contributed by atoms with E-state index >= 15 is 0 Å². The van der Waals surface area contributed by atoms with Gasteiger partial charge in [-0.05, 0) is 24.6 Å². The van der Waals surface area contributed by atoms with Crippen molar-refractivity contribution in [1.29, 1.82) is 0 Å². The van der Waals surface area contributed by atoms with Crippen molar-refractivity contribution < 1.29 is 14.6 Å². The molecule has 1 heterocycles. The molecule has 0 aromatic heterocycles. The topological polar surface area (TPSA) is 62.8 Å². The summed E-state index contributed by atoms with van der Waals surface area (Å²) in [6, 6.07) is 5.97. The van der Waals surface area contributed by atoms with E-state index in [1.54, 1.807) is 6.92 Å². The Hall–Kier alpha value is -1.30. The fourth-order valence-electron chi connectivity index (χ4n) is 1.77. The van der Waals surface area contributed by atoms with E-state index in [1.165, 1.54) is 5.56 Å². The standard InChI is InChI=1S/C13H20N2O3/c1-10(16)7-14-4-5-15-8-11-2-3-12-13(6-11)18-9-17-12/h2-3,6,10,14-16H,4-5,7-9H2,1H3. The van der Waals surface area contributed by atoms with E-state index in [0.29, 0.717) is 13.3 Å². The maximum Gasteiger partial charge on any atom is 0.231 e. The van der Waals surface area contributed by atoms with E-state index in [-0.39, 0.29) is 6.10 Å². The molecule has 5 heteroatoms.